The molecule has 6 nitrogen and oxygen atoms in total. The van der Waals surface area contributed by atoms with Crippen molar-refractivity contribution in [1.82, 2.24) is 10.2 Å². The zero-order valence-corrected chi connectivity index (χ0v) is 16.8. The summed E-state index contributed by atoms with van der Waals surface area (Å²) in [7, 11) is 0. The third-order valence-corrected chi connectivity index (χ3v) is 7.02. The molecule has 0 saturated carbocycles. The van der Waals surface area contributed by atoms with Crippen LogP contribution in [0.5, 0.6) is 0 Å². The summed E-state index contributed by atoms with van der Waals surface area (Å²) >= 11 is 5.35. The van der Waals surface area contributed by atoms with Gasteiger partial charge in [0.15, 0.2) is 11.0 Å². The molecule has 0 aromatic heterocycles. The lowest BCUT2D eigenvalue weighted by atomic mass is 9.85. The molecule has 0 spiro atoms. The minimum atomic E-state index is 0.226. The van der Waals surface area contributed by atoms with Crippen LogP contribution in [-0.2, 0) is 4.74 Å². The molecule has 1 aliphatic carbocycles. The van der Waals surface area contributed by atoms with Gasteiger partial charge in [0, 0.05) is 16.9 Å². The van der Waals surface area contributed by atoms with Gasteiger partial charge in [-0.1, -0.05) is 22.9 Å². The molecular formula is C17H22BrN5OS. The molecule has 4 rings (SSSR count). The maximum absolute atomic E-state index is 8.39. The monoisotopic (exact) mass is 423 g/mol. The molecule has 134 valence electrons. The van der Waals surface area contributed by atoms with E-state index < -0.39 is 0 Å². The van der Waals surface area contributed by atoms with E-state index in [1.54, 1.807) is 11.8 Å². The molecule has 1 saturated heterocycles. The fourth-order valence-electron chi connectivity index (χ4n) is 3.81. The number of ether oxygens (including phenoxy) is 1. The molecule has 3 heterocycles. The summed E-state index contributed by atoms with van der Waals surface area (Å²) in [6, 6.07) is 0.265. The van der Waals surface area contributed by atoms with Crippen LogP contribution in [0.15, 0.2) is 26.7 Å². The highest BCUT2D eigenvalue weighted by Gasteiger charge is 2.39. The van der Waals surface area contributed by atoms with Crippen LogP contribution >= 0.6 is 27.7 Å². The highest BCUT2D eigenvalue weighted by atomic mass is 79.9. The molecule has 0 radical (unpaired) electrons. The molecule has 3 N–H and O–H groups in total. The Morgan fingerprint density at radius 3 is 2.92 bits per heavy atom. The van der Waals surface area contributed by atoms with Gasteiger partial charge >= 0.3 is 0 Å². The van der Waals surface area contributed by atoms with E-state index in [4.69, 9.17) is 15.6 Å². The van der Waals surface area contributed by atoms with Gasteiger partial charge in [-0.3, -0.25) is 10.8 Å². The van der Waals surface area contributed by atoms with E-state index in [2.05, 4.69) is 45.0 Å². The lowest BCUT2D eigenvalue weighted by Gasteiger charge is -2.34. The van der Waals surface area contributed by atoms with Gasteiger partial charge in [-0.2, -0.15) is 0 Å². The van der Waals surface area contributed by atoms with E-state index in [-0.39, 0.29) is 10.9 Å². The van der Waals surface area contributed by atoms with Crippen LogP contribution in [0.4, 0.5) is 0 Å². The summed E-state index contributed by atoms with van der Waals surface area (Å²) in [5.74, 6) is 1.34. The van der Waals surface area contributed by atoms with Crippen molar-refractivity contribution in [3.8, 4) is 0 Å². The number of nitrogens with zero attached hydrogens (tertiary/aromatic N) is 2. The van der Waals surface area contributed by atoms with Gasteiger partial charge in [0.2, 0.25) is 0 Å². The number of aliphatic imine (C=N–C) groups is 1. The third kappa shape index (κ3) is 2.98. The van der Waals surface area contributed by atoms with Gasteiger partial charge in [-0.05, 0) is 43.0 Å². The fraction of sp³-hybridized carbons (Fsp3) is 0.588. The number of hydrogen-bond acceptors (Lipinski definition) is 5. The molecule has 8 heteroatoms. The Kier molecular flexibility index (Phi) is 4.54. The fourth-order valence-corrected chi connectivity index (χ4v) is 6.06. The Hall–Kier alpha value is -1.12. The van der Waals surface area contributed by atoms with Crippen molar-refractivity contribution in [2.75, 3.05) is 19.8 Å². The summed E-state index contributed by atoms with van der Waals surface area (Å²) in [6.45, 7) is 6.54. The van der Waals surface area contributed by atoms with Gasteiger partial charge in [0.25, 0.3) is 0 Å². The van der Waals surface area contributed by atoms with E-state index >= 15 is 0 Å². The smallest absolute Gasteiger partial charge is 0.171 e. The first-order chi connectivity index (χ1) is 12.0. The van der Waals surface area contributed by atoms with Crippen LogP contribution in [0, 0.1) is 16.7 Å². The minimum absolute atomic E-state index is 0.226. The summed E-state index contributed by atoms with van der Waals surface area (Å²) in [5.41, 5.74) is 3.15. The van der Waals surface area contributed by atoms with E-state index in [1.807, 2.05) is 0 Å². The van der Waals surface area contributed by atoms with Gasteiger partial charge in [0.1, 0.15) is 5.84 Å². The average Bonchev–Trinajstić information content (AvgIpc) is 3.09. The normalized spacial score (nSPS) is 35.9. The first-order valence-electron chi connectivity index (χ1n) is 8.63. The van der Waals surface area contributed by atoms with Crippen molar-refractivity contribution in [2.45, 2.75) is 37.6 Å². The zero-order valence-electron chi connectivity index (χ0n) is 14.4. The number of alkyl halides is 1. The largest absolute Gasteiger partial charge is 0.377 e. The molecule has 25 heavy (non-hydrogen) atoms. The number of allylic oxidation sites excluding steroid dienone is 1. The van der Waals surface area contributed by atoms with Gasteiger partial charge in [-0.25, -0.2) is 4.99 Å². The summed E-state index contributed by atoms with van der Waals surface area (Å²) in [6.07, 6.45) is 1.98. The maximum Gasteiger partial charge on any atom is 0.171 e. The molecule has 3 aliphatic heterocycles. The number of nitrogens with one attached hydrogen (secondary N) is 3. The predicted octanol–water partition coefficient (Wildman–Crippen LogP) is 3.07. The summed E-state index contributed by atoms with van der Waals surface area (Å²) < 4.78 is 5.51. The molecule has 0 aromatic carbocycles. The van der Waals surface area contributed by atoms with Crippen molar-refractivity contribution in [3.63, 3.8) is 0 Å². The SMILES string of the molecule is CC1CC2=C(/C(=C3\SC(N4CCOCC4C)=NC3=N)NC2=N)C(Br)C1. The Bertz CT molecular complexity index is 743. The zero-order chi connectivity index (χ0) is 17.7. The van der Waals surface area contributed by atoms with Crippen LogP contribution in [-0.4, -0.2) is 52.4 Å². The lowest BCUT2D eigenvalue weighted by Crippen LogP contribution is -2.45. The van der Waals surface area contributed by atoms with Crippen LogP contribution < -0.4 is 5.32 Å². The van der Waals surface area contributed by atoms with Gasteiger partial charge < -0.3 is 15.0 Å². The molecule has 0 aromatic rings. The number of halogens is 1. The van der Waals surface area contributed by atoms with Crippen LogP contribution in [0.1, 0.15) is 26.7 Å². The van der Waals surface area contributed by atoms with Crippen molar-refractivity contribution in [3.05, 3.63) is 21.7 Å². The minimum Gasteiger partial charge on any atom is -0.377 e. The van der Waals surface area contributed by atoms with Crippen LogP contribution in [0.25, 0.3) is 0 Å². The molecule has 4 aliphatic rings. The summed E-state index contributed by atoms with van der Waals surface area (Å²) in [4.78, 5) is 7.80. The molecule has 3 atom stereocenters. The molecule has 0 amide bonds. The molecule has 0 bridgehead atoms. The third-order valence-electron chi connectivity index (χ3n) is 5.08. The van der Waals surface area contributed by atoms with E-state index in [0.717, 1.165) is 46.3 Å². The Morgan fingerprint density at radius 2 is 2.16 bits per heavy atom. The van der Waals surface area contributed by atoms with Gasteiger partial charge in [-0.15, -0.1) is 0 Å². The number of thioether (sulfide) groups is 1. The van der Waals surface area contributed by atoms with Crippen LogP contribution in [0.3, 0.4) is 0 Å². The van der Waals surface area contributed by atoms with E-state index in [0.29, 0.717) is 30.8 Å². The van der Waals surface area contributed by atoms with Crippen LogP contribution in [0.2, 0.25) is 0 Å². The number of hydrogen-bond donors (Lipinski definition) is 3. The van der Waals surface area contributed by atoms with Crippen molar-refractivity contribution < 1.29 is 4.74 Å². The van der Waals surface area contributed by atoms with Crippen molar-refractivity contribution >= 4 is 44.5 Å². The van der Waals surface area contributed by atoms with E-state index in [1.165, 1.54) is 0 Å². The second-order valence-corrected chi connectivity index (χ2v) is 9.15. The van der Waals surface area contributed by atoms with Crippen molar-refractivity contribution in [1.29, 1.82) is 10.8 Å². The molecule has 1 fully saturated rings. The number of morpholine rings is 1. The predicted molar refractivity (Wildman–Crippen MR) is 106 cm³/mol. The molecular weight excluding hydrogens is 402 g/mol. The Morgan fingerprint density at radius 1 is 1.36 bits per heavy atom. The topological polar surface area (TPSA) is 84.6 Å². The first-order valence-corrected chi connectivity index (χ1v) is 10.4. The molecule has 3 unspecified atom stereocenters. The standard InChI is InChI=1S/C17H22BrN5OS/c1-8-5-10-12(11(18)6-8)13(21-15(10)19)14-16(20)22-17(25-14)23-3-4-24-7-9(23)2/h8-9,11,20H,3-7H2,1-2H3,(H2,19,21)/b14-13+,20-16?. The van der Waals surface area contributed by atoms with Gasteiger partial charge in [0.05, 0.1) is 29.9 Å². The lowest BCUT2D eigenvalue weighted by molar-refractivity contribution is 0.0348. The average molecular weight is 424 g/mol. The number of rotatable bonds is 0. The highest BCUT2D eigenvalue weighted by Crippen LogP contribution is 2.44. The van der Waals surface area contributed by atoms with Crippen molar-refractivity contribution in [2.24, 2.45) is 10.9 Å². The summed E-state index contributed by atoms with van der Waals surface area (Å²) in [5, 5.41) is 20.8. The quantitative estimate of drug-likeness (QED) is 0.522. The second kappa shape index (κ2) is 6.55. The maximum atomic E-state index is 8.39. The Balaban J connectivity index is 1.66. The highest BCUT2D eigenvalue weighted by molar-refractivity contribution is 9.09. The van der Waals surface area contributed by atoms with E-state index in [9.17, 15) is 0 Å². The number of amidine groups is 3. The second-order valence-electron chi connectivity index (χ2n) is 7.07. The Labute approximate surface area is 160 Å². The first kappa shape index (κ1) is 17.3.